The second-order valence-electron chi connectivity index (χ2n) is 13.8. The summed E-state index contributed by atoms with van der Waals surface area (Å²) in [7, 11) is 5.47. The maximum atomic E-state index is 12.5. The molecular weight excluding hydrogens is 654 g/mol. The third-order valence-corrected chi connectivity index (χ3v) is 8.04. The number of nitrogens with zero attached hydrogens (tertiary/aromatic N) is 1. The van der Waals surface area contributed by atoms with Gasteiger partial charge in [-0.1, -0.05) is 118 Å². The minimum Gasteiger partial charge on any atom is -0.477 e. The third kappa shape index (κ3) is 32.4. The number of allylic oxidation sites excluding steroid dienone is 14. The van der Waals surface area contributed by atoms with Crippen LogP contribution >= 0.6 is 0 Å². The normalized spacial score (nSPS) is 13.9. The number of likely N-dealkylation sites (N-methyl/N-ethyl adjacent to an activating group) is 1. The van der Waals surface area contributed by atoms with Crippen LogP contribution in [0.4, 0.5) is 0 Å². The van der Waals surface area contributed by atoms with Gasteiger partial charge in [-0.3, -0.25) is 9.59 Å². The predicted molar refractivity (Wildman–Crippen MR) is 215 cm³/mol. The van der Waals surface area contributed by atoms with Crippen LogP contribution in [0.25, 0.3) is 0 Å². The molecule has 0 saturated carbocycles. The Morgan fingerprint density at radius 1 is 0.596 bits per heavy atom. The molecule has 0 aromatic heterocycles. The molecule has 0 aliphatic carbocycles. The smallest absolute Gasteiger partial charge is 0.362 e. The molecule has 8 nitrogen and oxygen atoms in total. The Balaban J connectivity index is 4.47. The fourth-order valence-electron chi connectivity index (χ4n) is 5.00. The van der Waals surface area contributed by atoms with Gasteiger partial charge in [-0.2, -0.15) is 0 Å². The Kier molecular flexibility index (Phi) is 32.3. The average Bonchev–Trinajstić information content (AvgIpc) is 3.09. The molecule has 0 aromatic carbocycles. The minimum absolute atomic E-state index is 0.0221. The zero-order valence-electron chi connectivity index (χ0n) is 33.2. The number of unbranched alkanes of at least 4 members (excludes halogenated alkanes) is 5. The van der Waals surface area contributed by atoms with Crippen LogP contribution in [0.5, 0.6) is 0 Å². The zero-order valence-corrected chi connectivity index (χ0v) is 33.2. The van der Waals surface area contributed by atoms with Crippen molar-refractivity contribution in [3.05, 3.63) is 85.1 Å². The number of rotatable bonds is 33. The first kappa shape index (κ1) is 48.5. The molecule has 0 aromatic rings. The summed E-state index contributed by atoms with van der Waals surface area (Å²) >= 11 is 0. The minimum atomic E-state index is -0.893. The van der Waals surface area contributed by atoms with Crippen molar-refractivity contribution < 1.29 is 38.2 Å². The van der Waals surface area contributed by atoms with Gasteiger partial charge in [0.1, 0.15) is 6.61 Å². The fourth-order valence-corrected chi connectivity index (χ4v) is 5.00. The Labute approximate surface area is 316 Å². The van der Waals surface area contributed by atoms with Crippen LogP contribution in [0.15, 0.2) is 85.1 Å². The van der Waals surface area contributed by atoms with E-state index in [-0.39, 0.29) is 49.1 Å². The maximum Gasteiger partial charge on any atom is 0.362 e. The second kappa shape index (κ2) is 34.6. The number of esters is 2. The quantitative estimate of drug-likeness (QED) is 0.0311. The Morgan fingerprint density at radius 2 is 1.12 bits per heavy atom. The van der Waals surface area contributed by atoms with Gasteiger partial charge in [0, 0.05) is 19.3 Å². The maximum absolute atomic E-state index is 12.5. The highest BCUT2D eigenvalue weighted by molar-refractivity contribution is 5.72. The monoisotopic (exact) mass is 727 g/mol. The van der Waals surface area contributed by atoms with Gasteiger partial charge in [-0.05, 0) is 70.6 Å². The molecule has 0 heterocycles. The summed E-state index contributed by atoms with van der Waals surface area (Å²) in [6.45, 7) is 4.43. The number of quaternary nitrogens is 1. The number of ether oxygens (including phenoxy) is 3. The first-order valence-corrected chi connectivity index (χ1v) is 19.6. The van der Waals surface area contributed by atoms with Crippen molar-refractivity contribution in [3.8, 4) is 0 Å². The number of carboxylic acid groups (broad SMARTS) is 1. The van der Waals surface area contributed by atoms with Crippen LogP contribution in [0.2, 0.25) is 0 Å². The number of hydrogen-bond donors (Lipinski definition) is 1. The summed E-state index contributed by atoms with van der Waals surface area (Å²) in [5, 5.41) is 9.57. The SMILES string of the molecule is CC/C=C/C/C=C/C/C=C/C/C=C/C/C=C/C/C=C/CCCC(=O)OCC(COCCC(C(=O)O)[N+](C)(C)C)OC(=O)CC/C=C/CCCCCC. The van der Waals surface area contributed by atoms with Crippen LogP contribution in [-0.2, 0) is 28.6 Å². The fraction of sp³-hybridized carbons (Fsp3) is 0.614. The number of carbonyl (C=O) groups excluding carboxylic acids is 2. The molecule has 52 heavy (non-hydrogen) atoms. The lowest BCUT2D eigenvalue weighted by molar-refractivity contribution is -0.887. The van der Waals surface area contributed by atoms with Gasteiger partial charge >= 0.3 is 17.9 Å². The largest absolute Gasteiger partial charge is 0.477 e. The number of hydrogen-bond acceptors (Lipinski definition) is 6. The van der Waals surface area contributed by atoms with Crippen LogP contribution in [0, 0.1) is 0 Å². The molecule has 8 heteroatoms. The third-order valence-electron chi connectivity index (χ3n) is 8.04. The average molecular weight is 727 g/mol. The van der Waals surface area contributed by atoms with E-state index in [1.54, 1.807) is 0 Å². The van der Waals surface area contributed by atoms with Crippen molar-refractivity contribution in [2.24, 2.45) is 0 Å². The van der Waals surface area contributed by atoms with E-state index in [4.69, 9.17) is 14.2 Å². The van der Waals surface area contributed by atoms with Crippen LogP contribution in [0.1, 0.15) is 123 Å². The van der Waals surface area contributed by atoms with E-state index in [1.807, 2.05) is 27.2 Å². The molecule has 2 unspecified atom stereocenters. The second-order valence-corrected chi connectivity index (χ2v) is 13.8. The number of carbonyl (C=O) groups is 3. The Bertz CT molecular complexity index is 1120. The van der Waals surface area contributed by atoms with Gasteiger partial charge in [0.2, 0.25) is 0 Å². The Hall–Kier alpha value is -3.49. The summed E-state index contributed by atoms with van der Waals surface area (Å²) in [5.41, 5.74) is 0. The highest BCUT2D eigenvalue weighted by atomic mass is 16.6. The molecule has 0 radical (unpaired) electrons. The van der Waals surface area contributed by atoms with Gasteiger partial charge in [0.05, 0.1) is 34.4 Å². The summed E-state index contributed by atoms with van der Waals surface area (Å²) in [6.07, 6.45) is 43.8. The van der Waals surface area contributed by atoms with Gasteiger partial charge in [0.15, 0.2) is 12.1 Å². The summed E-state index contributed by atoms with van der Waals surface area (Å²) in [6, 6.07) is -0.631. The first-order chi connectivity index (χ1) is 25.1. The highest BCUT2D eigenvalue weighted by Gasteiger charge is 2.31. The molecule has 0 spiro atoms. The van der Waals surface area contributed by atoms with E-state index in [9.17, 15) is 19.5 Å². The highest BCUT2D eigenvalue weighted by Crippen LogP contribution is 2.10. The van der Waals surface area contributed by atoms with Gasteiger partial charge in [-0.25, -0.2) is 4.79 Å². The molecule has 0 amide bonds. The molecule has 294 valence electrons. The van der Waals surface area contributed by atoms with Crippen molar-refractivity contribution in [2.45, 2.75) is 135 Å². The topological polar surface area (TPSA) is 99.1 Å². The van der Waals surface area contributed by atoms with Crippen molar-refractivity contribution in [3.63, 3.8) is 0 Å². The van der Waals surface area contributed by atoms with Gasteiger partial charge in [-0.15, -0.1) is 0 Å². The molecule has 0 bridgehead atoms. The summed E-state index contributed by atoms with van der Waals surface area (Å²) in [5.74, 6) is -1.63. The molecule has 0 aliphatic heterocycles. The molecule has 1 N–H and O–H groups in total. The standard InChI is InChI=1S/C44H71NO7/c1-6-8-10-12-14-16-17-18-19-20-21-22-23-24-25-26-27-29-30-32-34-42(46)51-39-40(38-50-37-36-41(44(48)49)45(3,4)5)52-43(47)35-33-31-28-15-13-11-9-7-2/h8,10,14,16,18-19,21-22,24-25,27-29,31,40-41H,6-7,9,11-13,15,17,20,23,26,30,32-39H2,1-5H3/p+1/b10-8+,16-14+,19-18+,22-21+,25-24+,29-27+,31-28+. The lowest BCUT2D eigenvalue weighted by atomic mass is 10.1. The van der Waals surface area contributed by atoms with E-state index in [0.29, 0.717) is 19.3 Å². The van der Waals surface area contributed by atoms with E-state index >= 15 is 0 Å². The lowest BCUT2D eigenvalue weighted by Gasteiger charge is -2.31. The number of carboxylic acids is 1. The van der Waals surface area contributed by atoms with E-state index in [1.165, 1.54) is 19.3 Å². The zero-order chi connectivity index (χ0) is 38.5. The van der Waals surface area contributed by atoms with Gasteiger partial charge in [0.25, 0.3) is 0 Å². The van der Waals surface area contributed by atoms with Crippen molar-refractivity contribution in [2.75, 3.05) is 41.0 Å². The van der Waals surface area contributed by atoms with Crippen LogP contribution in [-0.4, -0.2) is 80.6 Å². The molecule has 0 aliphatic rings. The lowest BCUT2D eigenvalue weighted by Crippen LogP contribution is -2.50. The van der Waals surface area contributed by atoms with E-state index in [0.717, 1.165) is 57.8 Å². The van der Waals surface area contributed by atoms with Gasteiger partial charge < -0.3 is 23.8 Å². The van der Waals surface area contributed by atoms with Crippen molar-refractivity contribution in [1.82, 2.24) is 0 Å². The van der Waals surface area contributed by atoms with Crippen LogP contribution < -0.4 is 0 Å². The number of aliphatic carboxylic acids is 1. The first-order valence-electron chi connectivity index (χ1n) is 19.6. The summed E-state index contributed by atoms with van der Waals surface area (Å²) < 4.78 is 17.0. The molecule has 0 rings (SSSR count). The van der Waals surface area contributed by atoms with E-state index in [2.05, 4.69) is 92.8 Å². The molecular formula is C44H72NO7+. The summed E-state index contributed by atoms with van der Waals surface area (Å²) in [4.78, 5) is 36.7. The molecule has 0 saturated heterocycles. The van der Waals surface area contributed by atoms with Crippen molar-refractivity contribution >= 4 is 17.9 Å². The Morgan fingerprint density at radius 3 is 1.65 bits per heavy atom. The molecule has 2 atom stereocenters. The molecule has 0 fully saturated rings. The van der Waals surface area contributed by atoms with Crippen molar-refractivity contribution in [1.29, 1.82) is 0 Å². The predicted octanol–water partition coefficient (Wildman–Crippen LogP) is 10.2. The van der Waals surface area contributed by atoms with E-state index < -0.39 is 18.1 Å². The van der Waals surface area contributed by atoms with Crippen LogP contribution in [0.3, 0.4) is 0 Å².